The summed E-state index contributed by atoms with van der Waals surface area (Å²) in [5.74, 6) is 0. The maximum atomic E-state index is 10.7. The fraction of sp³-hybridized carbons (Fsp3) is 0.727. The average Bonchev–Trinajstić information content (AvgIpc) is 2.31. The van der Waals surface area contributed by atoms with E-state index in [0.717, 1.165) is 25.0 Å². The molecule has 0 saturated heterocycles. The van der Waals surface area contributed by atoms with Crippen LogP contribution in [0.5, 0.6) is 0 Å². The lowest BCUT2D eigenvalue weighted by atomic mass is 10.2. The van der Waals surface area contributed by atoms with Gasteiger partial charge >= 0.3 is 6.09 Å². The van der Waals surface area contributed by atoms with Crippen LogP contribution in [0.1, 0.15) is 39.5 Å². The van der Waals surface area contributed by atoms with Crippen LogP contribution < -0.4 is 5.32 Å². The Morgan fingerprint density at radius 1 is 1.11 bits per heavy atom. The van der Waals surface area contributed by atoms with Gasteiger partial charge in [0.25, 0.3) is 0 Å². The first-order chi connectivity index (χ1) is 8.64. The van der Waals surface area contributed by atoms with Gasteiger partial charge in [0.05, 0.1) is 6.61 Å². The molecular weight excluding hydrogens is 238 g/mol. The molecule has 0 unspecified atom stereocenters. The van der Waals surface area contributed by atoms with E-state index in [-0.39, 0.29) is 6.09 Å². The van der Waals surface area contributed by atoms with Crippen LogP contribution in [-0.2, 0) is 14.3 Å². The van der Waals surface area contributed by atoms with Gasteiger partial charge in [0.15, 0.2) is 0 Å². The van der Waals surface area contributed by atoms with E-state index in [9.17, 15) is 4.79 Å². The molecular formula is C11H21N3O4. The molecule has 0 aliphatic carbocycles. The highest BCUT2D eigenvalue weighted by Crippen LogP contribution is 1.98. The molecule has 7 nitrogen and oxygen atoms in total. The van der Waals surface area contributed by atoms with Crippen molar-refractivity contribution in [3.63, 3.8) is 0 Å². The molecule has 7 heteroatoms. The van der Waals surface area contributed by atoms with E-state index in [0.29, 0.717) is 13.2 Å². The summed E-state index contributed by atoms with van der Waals surface area (Å²) >= 11 is 0. The lowest BCUT2D eigenvalue weighted by molar-refractivity contribution is 0.144. The molecule has 0 spiro atoms. The Labute approximate surface area is 107 Å². The molecule has 0 aromatic heterocycles. The predicted molar refractivity (Wildman–Crippen MR) is 66.0 cm³/mol. The quantitative estimate of drug-likeness (QED) is 0.384. The van der Waals surface area contributed by atoms with Crippen molar-refractivity contribution in [1.29, 1.82) is 10.8 Å². The van der Waals surface area contributed by atoms with E-state index < -0.39 is 0 Å². The summed E-state index contributed by atoms with van der Waals surface area (Å²) < 4.78 is 4.88. The second kappa shape index (κ2) is 24.3. The van der Waals surface area contributed by atoms with Crippen molar-refractivity contribution in [1.82, 2.24) is 5.32 Å². The van der Waals surface area contributed by atoms with Gasteiger partial charge in [0, 0.05) is 6.54 Å². The molecule has 104 valence electrons. The van der Waals surface area contributed by atoms with E-state index >= 15 is 0 Å². The Morgan fingerprint density at radius 2 is 1.61 bits per heavy atom. The molecule has 0 bridgehead atoms. The monoisotopic (exact) mass is 259 g/mol. The van der Waals surface area contributed by atoms with E-state index in [2.05, 4.69) is 12.2 Å². The molecule has 0 fully saturated rings. The summed E-state index contributed by atoms with van der Waals surface area (Å²) in [6, 6.07) is 0. The third-order valence-electron chi connectivity index (χ3n) is 1.55. The number of nitrogens with one attached hydrogen (secondary N) is 3. The summed E-state index contributed by atoms with van der Waals surface area (Å²) in [4.78, 5) is 27.4. The van der Waals surface area contributed by atoms with Crippen LogP contribution in [0.2, 0.25) is 0 Å². The van der Waals surface area contributed by atoms with Crippen LogP contribution in [0.15, 0.2) is 0 Å². The Kier molecular flexibility index (Phi) is 28.8. The number of carbonyl (C=O) groups is 1. The number of ether oxygens (including phenoxy) is 1. The minimum absolute atomic E-state index is 0.297. The lowest BCUT2D eigenvalue weighted by Crippen LogP contribution is -2.23. The summed E-state index contributed by atoms with van der Waals surface area (Å²) in [7, 11) is 0. The number of carbonyl (C=O) groups excluding carboxylic acids is 3. The highest BCUT2D eigenvalue weighted by atomic mass is 16.5. The smallest absolute Gasteiger partial charge is 0.407 e. The molecule has 0 aromatic rings. The van der Waals surface area contributed by atoms with Crippen molar-refractivity contribution >= 4 is 18.3 Å². The van der Waals surface area contributed by atoms with Gasteiger partial charge < -0.3 is 10.1 Å². The molecule has 0 aromatic carbocycles. The molecule has 0 heterocycles. The van der Waals surface area contributed by atoms with Crippen molar-refractivity contribution in [2.45, 2.75) is 39.5 Å². The number of unbranched alkanes of at least 4 members (excludes halogenated alkanes) is 3. The first-order valence-electron chi connectivity index (χ1n) is 5.62. The molecule has 0 radical (unpaired) electrons. The van der Waals surface area contributed by atoms with Crippen LogP contribution in [0.25, 0.3) is 0 Å². The van der Waals surface area contributed by atoms with E-state index in [1.807, 2.05) is 6.92 Å². The Morgan fingerprint density at radius 3 is 2.00 bits per heavy atom. The van der Waals surface area contributed by atoms with Crippen molar-refractivity contribution in [2.75, 3.05) is 13.2 Å². The average molecular weight is 259 g/mol. The zero-order valence-electron chi connectivity index (χ0n) is 10.9. The molecule has 3 N–H and O–H groups in total. The predicted octanol–water partition coefficient (Wildman–Crippen LogP) is 2.11. The van der Waals surface area contributed by atoms with Gasteiger partial charge in [0.2, 0.25) is 12.2 Å². The molecule has 1 amide bonds. The molecule has 0 atom stereocenters. The minimum Gasteiger partial charge on any atom is -0.450 e. The van der Waals surface area contributed by atoms with Crippen LogP contribution in [0.4, 0.5) is 4.79 Å². The summed E-state index contributed by atoms with van der Waals surface area (Å²) in [6.45, 7) is 5.21. The molecule has 0 aliphatic rings. The van der Waals surface area contributed by atoms with Gasteiger partial charge in [-0.2, -0.15) is 0 Å². The highest BCUT2D eigenvalue weighted by molar-refractivity contribution is 5.66. The second-order valence-corrected chi connectivity index (χ2v) is 2.93. The summed E-state index contributed by atoms with van der Waals surface area (Å²) in [6.07, 6.45) is 5.76. The Hall–Kier alpha value is -1.97. The minimum atomic E-state index is -0.297. The second-order valence-electron chi connectivity index (χ2n) is 2.93. The summed E-state index contributed by atoms with van der Waals surface area (Å²) in [5.41, 5.74) is 0. The number of hydrogen-bond donors (Lipinski definition) is 3. The molecule has 0 aliphatic heterocycles. The summed E-state index contributed by atoms with van der Waals surface area (Å²) in [5, 5.41) is 13.4. The topological polar surface area (TPSA) is 120 Å². The van der Waals surface area contributed by atoms with Crippen LogP contribution in [0.3, 0.4) is 0 Å². The van der Waals surface area contributed by atoms with E-state index in [1.54, 1.807) is 0 Å². The van der Waals surface area contributed by atoms with Gasteiger partial charge in [-0.05, 0) is 13.3 Å². The Balaban J connectivity index is -0.000000315. The van der Waals surface area contributed by atoms with Crippen LogP contribution in [0, 0.1) is 10.8 Å². The zero-order valence-corrected chi connectivity index (χ0v) is 10.9. The lowest BCUT2D eigenvalue weighted by Gasteiger charge is -2.03. The maximum absolute atomic E-state index is 10.7. The molecule has 0 rings (SSSR count). The van der Waals surface area contributed by atoms with Gasteiger partial charge in [-0.1, -0.05) is 26.2 Å². The van der Waals surface area contributed by atoms with Crippen LogP contribution in [-0.4, -0.2) is 31.4 Å². The van der Waals surface area contributed by atoms with Gasteiger partial charge in [0.1, 0.15) is 0 Å². The largest absolute Gasteiger partial charge is 0.450 e. The fourth-order valence-electron chi connectivity index (χ4n) is 0.889. The van der Waals surface area contributed by atoms with Crippen molar-refractivity contribution in [3.05, 3.63) is 0 Å². The number of alkyl carbamates (subject to hydrolysis) is 1. The van der Waals surface area contributed by atoms with Crippen molar-refractivity contribution in [3.8, 4) is 0 Å². The number of isocyanates is 2. The number of hydrogen-bond acceptors (Lipinski definition) is 6. The third kappa shape index (κ3) is 36.9. The zero-order chi connectivity index (χ0) is 14.6. The van der Waals surface area contributed by atoms with Gasteiger partial charge in [-0.25, -0.2) is 25.2 Å². The van der Waals surface area contributed by atoms with Gasteiger partial charge in [-0.15, -0.1) is 0 Å². The van der Waals surface area contributed by atoms with Crippen molar-refractivity contribution in [2.24, 2.45) is 0 Å². The highest BCUT2D eigenvalue weighted by Gasteiger charge is 1.97. The van der Waals surface area contributed by atoms with Gasteiger partial charge in [-0.3, -0.25) is 0 Å². The van der Waals surface area contributed by atoms with Crippen LogP contribution >= 0.6 is 0 Å². The first kappa shape index (κ1) is 21.3. The molecule has 0 saturated carbocycles. The maximum Gasteiger partial charge on any atom is 0.407 e. The number of amides is 1. The van der Waals surface area contributed by atoms with Crippen molar-refractivity contribution < 1.29 is 19.1 Å². The Bertz CT molecular complexity index is 233. The standard InChI is InChI=1S/C9H19NO2.2CHNO/c1-3-5-6-7-8-12-9(11)10-4-2;2*2-1-3/h3-8H2,1-2H3,(H,10,11);2*2H. The van der Waals surface area contributed by atoms with E-state index in [1.165, 1.54) is 12.8 Å². The normalized spacial score (nSPS) is 7.22. The SMILES string of the molecule is CCCCCCOC(=O)NCC.N=C=O.N=C=O. The first-order valence-corrected chi connectivity index (χ1v) is 5.62. The fourth-order valence-corrected chi connectivity index (χ4v) is 0.889. The molecule has 18 heavy (non-hydrogen) atoms. The number of rotatable bonds is 6. The third-order valence-corrected chi connectivity index (χ3v) is 1.55. The van der Waals surface area contributed by atoms with E-state index in [4.69, 9.17) is 25.1 Å².